The minimum atomic E-state index is -1.22. The van der Waals surface area contributed by atoms with Crippen molar-refractivity contribution in [3.05, 3.63) is 46.8 Å². The highest BCUT2D eigenvalue weighted by atomic mass is 32.2. The number of nitrogens with zero attached hydrogens (tertiary/aromatic N) is 2. The SMILES string of the molecule is Cc1cc(C2=NO[C@@H]3C(=O)N(c4ccccc4)C(=O)[C@H]23)c([S@](C)=O)s1. The molecule has 0 saturated carbocycles. The molecule has 4 rings (SSSR count). The first kappa shape index (κ1) is 16.2. The Kier molecular flexibility index (Phi) is 3.81. The fraction of sp³-hybridized carbons (Fsp3) is 0.235. The standard InChI is InChI=1S/C17H14N2O4S2/c1-9-8-11(17(24-9)25(2)22)13-12-14(23-18-13)16(21)19(15(12)20)10-6-4-3-5-7-10/h3-8,12,14H,1-2H3/t12-,14+,25+/m1/s1. The number of anilines is 1. The highest BCUT2D eigenvalue weighted by molar-refractivity contribution is 7.86. The summed E-state index contributed by atoms with van der Waals surface area (Å²) in [6.07, 6.45) is 0.626. The summed E-state index contributed by atoms with van der Waals surface area (Å²) in [5.41, 5.74) is 1.53. The van der Waals surface area contributed by atoms with Crippen molar-refractivity contribution in [2.45, 2.75) is 17.2 Å². The Morgan fingerprint density at radius 2 is 1.92 bits per heavy atom. The number of hydrogen-bond acceptors (Lipinski definition) is 6. The van der Waals surface area contributed by atoms with E-state index in [1.165, 1.54) is 11.3 Å². The van der Waals surface area contributed by atoms with Crippen molar-refractivity contribution in [3.63, 3.8) is 0 Å². The van der Waals surface area contributed by atoms with E-state index in [2.05, 4.69) is 5.16 Å². The molecule has 6 nitrogen and oxygen atoms in total. The number of rotatable bonds is 3. The average molecular weight is 374 g/mol. The minimum absolute atomic E-state index is 0.367. The Morgan fingerprint density at radius 1 is 1.20 bits per heavy atom. The van der Waals surface area contributed by atoms with E-state index in [9.17, 15) is 13.8 Å². The molecule has 1 saturated heterocycles. The smallest absolute Gasteiger partial charge is 0.278 e. The van der Waals surface area contributed by atoms with Crippen molar-refractivity contribution in [2.24, 2.45) is 11.1 Å². The first-order valence-electron chi connectivity index (χ1n) is 7.60. The molecule has 8 heteroatoms. The third kappa shape index (κ3) is 2.44. The van der Waals surface area contributed by atoms with Crippen LogP contribution in [0.2, 0.25) is 0 Å². The molecule has 25 heavy (non-hydrogen) atoms. The van der Waals surface area contributed by atoms with E-state index in [4.69, 9.17) is 4.84 Å². The maximum Gasteiger partial charge on any atom is 0.278 e. The summed E-state index contributed by atoms with van der Waals surface area (Å²) in [6.45, 7) is 1.90. The number of thiophene rings is 1. The number of carbonyl (C=O) groups is 2. The lowest BCUT2D eigenvalue weighted by molar-refractivity contribution is -0.126. The van der Waals surface area contributed by atoms with Crippen LogP contribution < -0.4 is 4.90 Å². The lowest BCUT2D eigenvalue weighted by atomic mass is 9.95. The normalized spacial score (nSPS) is 23.4. The average Bonchev–Trinajstić information content (AvgIpc) is 3.24. The van der Waals surface area contributed by atoms with Crippen LogP contribution in [0.1, 0.15) is 10.4 Å². The molecule has 3 atom stereocenters. The maximum atomic E-state index is 12.9. The molecule has 2 aliphatic rings. The van der Waals surface area contributed by atoms with Gasteiger partial charge in [0.05, 0.1) is 16.5 Å². The highest BCUT2D eigenvalue weighted by Crippen LogP contribution is 2.37. The number of oxime groups is 1. The van der Waals surface area contributed by atoms with Gasteiger partial charge in [0.15, 0.2) is 0 Å². The van der Waals surface area contributed by atoms with Gasteiger partial charge in [0.25, 0.3) is 5.91 Å². The molecular weight excluding hydrogens is 360 g/mol. The van der Waals surface area contributed by atoms with Crippen LogP contribution in [-0.2, 0) is 25.2 Å². The van der Waals surface area contributed by atoms with Gasteiger partial charge < -0.3 is 4.84 Å². The van der Waals surface area contributed by atoms with Crippen molar-refractivity contribution in [2.75, 3.05) is 11.2 Å². The molecule has 2 amide bonds. The Morgan fingerprint density at radius 3 is 2.60 bits per heavy atom. The van der Waals surface area contributed by atoms with E-state index in [1.54, 1.807) is 30.5 Å². The Balaban J connectivity index is 1.75. The van der Waals surface area contributed by atoms with Gasteiger partial charge >= 0.3 is 0 Å². The monoisotopic (exact) mass is 374 g/mol. The molecule has 1 aromatic heterocycles. The van der Waals surface area contributed by atoms with E-state index in [-0.39, 0.29) is 5.91 Å². The molecule has 0 N–H and O–H groups in total. The number of carbonyl (C=O) groups excluding carboxylic acids is 2. The van der Waals surface area contributed by atoms with Crippen LogP contribution in [0.3, 0.4) is 0 Å². The summed E-state index contributed by atoms with van der Waals surface area (Å²) in [6, 6.07) is 10.6. The van der Waals surface area contributed by atoms with Gasteiger partial charge in [-0.25, -0.2) is 4.90 Å². The summed E-state index contributed by atoms with van der Waals surface area (Å²) >= 11 is 1.40. The number of hydrogen-bond donors (Lipinski definition) is 0. The summed E-state index contributed by atoms with van der Waals surface area (Å²) in [7, 11) is -1.22. The third-order valence-electron chi connectivity index (χ3n) is 4.18. The molecule has 1 aromatic carbocycles. The zero-order chi connectivity index (χ0) is 17.7. The van der Waals surface area contributed by atoms with Crippen LogP contribution in [0.5, 0.6) is 0 Å². The van der Waals surface area contributed by atoms with Crippen molar-refractivity contribution >= 4 is 45.3 Å². The van der Waals surface area contributed by atoms with Crippen LogP contribution in [0.15, 0.2) is 45.8 Å². The van der Waals surface area contributed by atoms with Gasteiger partial charge in [-0.3, -0.25) is 13.8 Å². The van der Waals surface area contributed by atoms with Gasteiger partial charge in [0, 0.05) is 16.7 Å². The summed E-state index contributed by atoms with van der Waals surface area (Å²) in [5, 5.41) is 4.00. The van der Waals surface area contributed by atoms with E-state index < -0.39 is 28.7 Å². The second-order valence-corrected chi connectivity index (χ2v) is 8.67. The molecule has 0 radical (unpaired) electrons. The number of benzene rings is 1. The fourth-order valence-corrected chi connectivity index (χ4v) is 5.20. The lowest BCUT2D eigenvalue weighted by Crippen LogP contribution is -2.33. The number of imide groups is 1. The van der Waals surface area contributed by atoms with Crippen LogP contribution in [0, 0.1) is 12.8 Å². The molecule has 0 unspecified atom stereocenters. The number of amides is 2. The Labute approximate surface area is 150 Å². The predicted molar refractivity (Wildman–Crippen MR) is 95.2 cm³/mol. The van der Waals surface area contributed by atoms with E-state index in [1.807, 2.05) is 19.1 Å². The predicted octanol–water partition coefficient (Wildman–Crippen LogP) is 2.09. The molecule has 2 aliphatic heterocycles. The lowest BCUT2D eigenvalue weighted by Gasteiger charge is -2.15. The number of para-hydroxylation sites is 1. The van der Waals surface area contributed by atoms with Gasteiger partial charge in [0.2, 0.25) is 12.0 Å². The highest BCUT2D eigenvalue weighted by Gasteiger charge is 2.56. The van der Waals surface area contributed by atoms with Gasteiger partial charge in [-0.1, -0.05) is 23.4 Å². The summed E-state index contributed by atoms with van der Waals surface area (Å²) in [4.78, 5) is 33.0. The molecule has 128 valence electrons. The molecule has 3 heterocycles. The van der Waals surface area contributed by atoms with Crippen molar-refractivity contribution in [1.82, 2.24) is 0 Å². The van der Waals surface area contributed by atoms with Crippen molar-refractivity contribution in [3.8, 4) is 0 Å². The van der Waals surface area contributed by atoms with E-state index >= 15 is 0 Å². The largest absolute Gasteiger partial charge is 0.381 e. The molecule has 1 fully saturated rings. The van der Waals surface area contributed by atoms with Crippen molar-refractivity contribution < 1.29 is 18.6 Å². The topological polar surface area (TPSA) is 76.0 Å². The van der Waals surface area contributed by atoms with Crippen LogP contribution >= 0.6 is 11.3 Å². The zero-order valence-corrected chi connectivity index (χ0v) is 15.1. The maximum absolute atomic E-state index is 12.9. The first-order chi connectivity index (χ1) is 12.0. The quantitative estimate of drug-likeness (QED) is 0.771. The van der Waals surface area contributed by atoms with Gasteiger partial charge in [-0.2, -0.15) is 0 Å². The van der Waals surface area contributed by atoms with Gasteiger partial charge in [-0.15, -0.1) is 11.3 Å². The van der Waals surface area contributed by atoms with Gasteiger partial charge in [0.1, 0.15) is 15.8 Å². The first-order valence-corrected chi connectivity index (χ1v) is 9.97. The second kappa shape index (κ2) is 5.89. The molecule has 0 bridgehead atoms. The second-order valence-electron chi connectivity index (χ2n) is 5.84. The zero-order valence-electron chi connectivity index (χ0n) is 13.5. The van der Waals surface area contributed by atoms with E-state index in [0.29, 0.717) is 21.2 Å². The minimum Gasteiger partial charge on any atom is -0.381 e. The third-order valence-corrected chi connectivity index (χ3v) is 6.73. The summed E-state index contributed by atoms with van der Waals surface area (Å²) < 4.78 is 12.7. The number of aryl methyl sites for hydroxylation is 1. The fourth-order valence-electron chi connectivity index (χ4n) is 3.12. The summed E-state index contributed by atoms with van der Waals surface area (Å²) in [5.74, 6) is -1.59. The van der Waals surface area contributed by atoms with Crippen LogP contribution in [0.4, 0.5) is 5.69 Å². The Bertz CT molecular complexity index is 935. The molecule has 0 spiro atoms. The van der Waals surface area contributed by atoms with Gasteiger partial charge in [-0.05, 0) is 25.1 Å². The molecular formula is C17H14N2O4S2. The Hall–Kier alpha value is -2.32. The molecule has 0 aliphatic carbocycles. The molecule has 2 aromatic rings. The van der Waals surface area contributed by atoms with Crippen molar-refractivity contribution in [1.29, 1.82) is 0 Å². The van der Waals surface area contributed by atoms with Crippen LogP contribution in [-0.4, -0.2) is 34.1 Å². The number of fused-ring (bicyclic) bond motifs is 1. The van der Waals surface area contributed by atoms with E-state index in [0.717, 1.165) is 9.78 Å². The van der Waals surface area contributed by atoms with Crippen LogP contribution in [0.25, 0.3) is 0 Å².